The molecular formula is C17H11N5O5. The highest BCUT2D eigenvalue weighted by atomic mass is 16.6. The molecule has 0 aliphatic rings. The summed E-state index contributed by atoms with van der Waals surface area (Å²) >= 11 is 0. The van der Waals surface area contributed by atoms with Crippen LogP contribution in [0.15, 0.2) is 57.2 Å². The molecule has 2 aromatic carbocycles. The molecule has 0 aliphatic carbocycles. The van der Waals surface area contributed by atoms with Crippen molar-refractivity contribution in [1.29, 1.82) is 5.26 Å². The number of hydrogen-bond acceptors (Lipinski definition) is 7. The second-order valence-electron chi connectivity index (χ2n) is 5.27. The summed E-state index contributed by atoms with van der Waals surface area (Å²) in [6.07, 6.45) is 1.15. The van der Waals surface area contributed by atoms with Crippen LogP contribution in [0.25, 0.3) is 10.9 Å². The van der Waals surface area contributed by atoms with Gasteiger partial charge in [-0.25, -0.2) is 4.79 Å². The molecule has 0 fully saturated rings. The monoisotopic (exact) mass is 365 g/mol. The average Bonchev–Trinajstić information content (AvgIpc) is 2.66. The van der Waals surface area contributed by atoms with Gasteiger partial charge in [0.1, 0.15) is 6.07 Å². The first kappa shape index (κ1) is 17.6. The van der Waals surface area contributed by atoms with Gasteiger partial charge >= 0.3 is 11.4 Å². The fourth-order valence-electron chi connectivity index (χ4n) is 2.37. The summed E-state index contributed by atoms with van der Waals surface area (Å²) in [5.41, 5.74) is -1.07. The Morgan fingerprint density at radius 3 is 2.81 bits per heavy atom. The predicted molar refractivity (Wildman–Crippen MR) is 96.0 cm³/mol. The van der Waals surface area contributed by atoms with Crippen molar-refractivity contribution < 1.29 is 9.66 Å². The number of aromatic amines is 1. The van der Waals surface area contributed by atoms with E-state index in [9.17, 15) is 19.7 Å². The Morgan fingerprint density at radius 1 is 1.30 bits per heavy atom. The number of fused-ring (bicyclic) bond motifs is 1. The minimum Gasteiger partial charge on any atom is -0.472 e. The van der Waals surface area contributed by atoms with E-state index in [1.165, 1.54) is 12.1 Å². The topological polar surface area (TPSA) is 143 Å². The fraction of sp³-hybridized carbons (Fsp3) is 0.0588. The smallest absolute Gasteiger partial charge is 0.349 e. The SMILES string of the molecule is N#CCOc1ccc(C=Nn2c(=O)[nH]c3ccccc3c2=O)cc1[N+](=O)[O-]. The maximum absolute atomic E-state index is 12.4. The minimum absolute atomic E-state index is 0.0700. The quantitative estimate of drug-likeness (QED) is 0.411. The second kappa shape index (κ2) is 7.32. The first-order chi connectivity index (χ1) is 13.0. The van der Waals surface area contributed by atoms with E-state index in [1.54, 1.807) is 30.3 Å². The number of benzene rings is 2. The molecule has 0 aliphatic heterocycles. The van der Waals surface area contributed by atoms with E-state index in [1.807, 2.05) is 0 Å². The van der Waals surface area contributed by atoms with Crippen LogP contribution in [0.5, 0.6) is 5.75 Å². The Bertz CT molecular complexity index is 1220. The maximum atomic E-state index is 12.4. The average molecular weight is 365 g/mol. The van der Waals surface area contributed by atoms with Gasteiger partial charge in [0.05, 0.1) is 22.0 Å². The molecule has 0 spiro atoms. The number of ether oxygens (including phenoxy) is 1. The lowest BCUT2D eigenvalue weighted by atomic mass is 10.2. The molecule has 0 radical (unpaired) electrons. The van der Waals surface area contributed by atoms with Gasteiger partial charge in [-0.3, -0.25) is 14.9 Å². The number of rotatable bonds is 5. The van der Waals surface area contributed by atoms with Gasteiger partial charge in [0.15, 0.2) is 12.4 Å². The molecule has 1 heterocycles. The van der Waals surface area contributed by atoms with Gasteiger partial charge < -0.3 is 9.72 Å². The van der Waals surface area contributed by atoms with Crippen molar-refractivity contribution in [3.05, 3.63) is 79.0 Å². The van der Waals surface area contributed by atoms with Gasteiger partial charge in [-0.05, 0) is 24.3 Å². The summed E-state index contributed by atoms with van der Waals surface area (Å²) in [5.74, 6) is -0.0700. The van der Waals surface area contributed by atoms with Crippen molar-refractivity contribution in [3.8, 4) is 11.8 Å². The Kier molecular flexibility index (Phi) is 4.76. The molecule has 0 bridgehead atoms. The van der Waals surface area contributed by atoms with E-state index in [-0.39, 0.29) is 29.0 Å². The lowest BCUT2D eigenvalue weighted by Gasteiger charge is -2.04. The van der Waals surface area contributed by atoms with E-state index < -0.39 is 16.2 Å². The summed E-state index contributed by atoms with van der Waals surface area (Å²) in [5, 5.41) is 23.8. The van der Waals surface area contributed by atoms with Crippen LogP contribution in [-0.2, 0) is 0 Å². The lowest BCUT2D eigenvalue weighted by Crippen LogP contribution is -2.32. The second-order valence-corrected chi connectivity index (χ2v) is 5.27. The summed E-state index contributed by atoms with van der Waals surface area (Å²) < 4.78 is 5.63. The van der Waals surface area contributed by atoms with Crippen LogP contribution in [0.1, 0.15) is 5.56 Å². The van der Waals surface area contributed by atoms with E-state index in [0.717, 1.165) is 12.3 Å². The molecule has 3 aromatic rings. The summed E-state index contributed by atoms with van der Waals surface area (Å²) in [7, 11) is 0. The standard InChI is InChI=1S/C17H11N5O5/c18-7-8-27-15-6-5-11(9-14(15)22(25)26)10-19-21-16(23)12-3-1-2-4-13(12)20-17(21)24/h1-6,9-10H,8H2,(H,20,24). The first-order valence-electron chi connectivity index (χ1n) is 7.58. The van der Waals surface area contributed by atoms with Gasteiger partial charge in [-0.1, -0.05) is 12.1 Å². The molecule has 0 amide bonds. The Hall–Kier alpha value is -4.26. The van der Waals surface area contributed by atoms with Crippen molar-refractivity contribution in [1.82, 2.24) is 9.66 Å². The number of hydrogen-bond donors (Lipinski definition) is 1. The Morgan fingerprint density at radius 2 is 2.07 bits per heavy atom. The molecule has 1 N–H and O–H groups in total. The molecule has 3 rings (SSSR count). The number of aromatic nitrogens is 2. The maximum Gasteiger partial charge on any atom is 0.349 e. The van der Waals surface area contributed by atoms with Crippen molar-refractivity contribution in [3.63, 3.8) is 0 Å². The predicted octanol–water partition coefficient (Wildman–Crippen LogP) is 1.38. The third-order valence-corrected chi connectivity index (χ3v) is 3.58. The highest BCUT2D eigenvalue weighted by molar-refractivity contribution is 5.82. The van der Waals surface area contributed by atoms with Crippen LogP contribution >= 0.6 is 0 Å². The number of nitriles is 1. The minimum atomic E-state index is -0.738. The first-order valence-corrected chi connectivity index (χ1v) is 7.58. The van der Waals surface area contributed by atoms with Crippen molar-refractivity contribution in [2.75, 3.05) is 6.61 Å². The zero-order valence-corrected chi connectivity index (χ0v) is 13.7. The van der Waals surface area contributed by atoms with Gasteiger partial charge in [0, 0.05) is 11.6 Å². The summed E-state index contributed by atoms with van der Waals surface area (Å²) in [6.45, 7) is -0.337. The molecule has 0 saturated carbocycles. The molecule has 10 nitrogen and oxygen atoms in total. The highest BCUT2D eigenvalue weighted by Crippen LogP contribution is 2.27. The van der Waals surface area contributed by atoms with Crippen molar-refractivity contribution in [2.24, 2.45) is 5.10 Å². The number of nitro groups is 1. The molecule has 0 saturated heterocycles. The molecule has 134 valence electrons. The third kappa shape index (κ3) is 3.57. The van der Waals surface area contributed by atoms with Gasteiger partial charge in [0.25, 0.3) is 5.56 Å². The van der Waals surface area contributed by atoms with Crippen molar-refractivity contribution >= 4 is 22.8 Å². The van der Waals surface area contributed by atoms with Crippen LogP contribution in [0.3, 0.4) is 0 Å². The largest absolute Gasteiger partial charge is 0.472 e. The third-order valence-electron chi connectivity index (χ3n) is 3.58. The number of nitrogens with zero attached hydrogens (tertiary/aromatic N) is 4. The van der Waals surface area contributed by atoms with E-state index >= 15 is 0 Å². The number of nitro benzene ring substituents is 1. The zero-order chi connectivity index (χ0) is 19.4. The van der Waals surface area contributed by atoms with Crippen LogP contribution < -0.4 is 16.0 Å². The molecule has 0 atom stereocenters. The van der Waals surface area contributed by atoms with Crippen LogP contribution in [0.4, 0.5) is 5.69 Å². The Labute approximate surface area is 150 Å². The van der Waals surface area contributed by atoms with E-state index in [2.05, 4.69) is 10.1 Å². The normalized spacial score (nSPS) is 10.8. The molecule has 0 unspecified atom stereocenters. The molecular weight excluding hydrogens is 354 g/mol. The highest BCUT2D eigenvalue weighted by Gasteiger charge is 2.15. The Balaban J connectivity index is 2.02. The van der Waals surface area contributed by atoms with Crippen molar-refractivity contribution in [2.45, 2.75) is 0 Å². The molecule has 10 heteroatoms. The lowest BCUT2D eigenvalue weighted by molar-refractivity contribution is -0.385. The van der Waals surface area contributed by atoms with E-state index in [4.69, 9.17) is 10.00 Å². The van der Waals surface area contributed by atoms with Crippen LogP contribution in [-0.4, -0.2) is 27.4 Å². The zero-order valence-electron chi connectivity index (χ0n) is 13.7. The number of nitrogens with one attached hydrogen (secondary N) is 1. The van der Waals surface area contributed by atoms with Crippen LogP contribution in [0.2, 0.25) is 0 Å². The summed E-state index contributed by atoms with van der Waals surface area (Å²) in [6, 6.07) is 12.1. The number of H-pyrrole nitrogens is 1. The number of para-hydroxylation sites is 1. The summed E-state index contributed by atoms with van der Waals surface area (Å²) in [4.78, 5) is 37.5. The molecule has 27 heavy (non-hydrogen) atoms. The van der Waals surface area contributed by atoms with E-state index in [0.29, 0.717) is 10.2 Å². The van der Waals surface area contributed by atoms with Gasteiger partial charge in [-0.15, -0.1) is 4.68 Å². The fourth-order valence-corrected chi connectivity index (χ4v) is 2.37. The van der Waals surface area contributed by atoms with Gasteiger partial charge in [0.2, 0.25) is 0 Å². The molecule has 1 aromatic heterocycles. The van der Waals surface area contributed by atoms with Gasteiger partial charge in [-0.2, -0.15) is 10.4 Å². The van der Waals surface area contributed by atoms with Crippen LogP contribution in [0, 0.1) is 21.4 Å².